The van der Waals surface area contributed by atoms with Crippen LogP contribution in [0.25, 0.3) is 0 Å². The average Bonchev–Trinajstić information content (AvgIpc) is 2.75. The number of anilines is 2. The summed E-state index contributed by atoms with van der Waals surface area (Å²) in [4.78, 5) is 28.5. The van der Waals surface area contributed by atoms with Gasteiger partial charge in [-0.05, 0) is 42.0 Å². The molecule has 148 valence electrons. The van der Waals surface area contributed by atoms with Crippen molar-refractivity contribution in [2.75, 3.05) is 24.3 Å². The maximum Gasteiger partial charge on any atom is 0.321 e. The van der Waals surface area contributed by atoms with Gasteiger partial charge in [-0.3, -0.25) is 4.79 Å². The van der Waals surface area contributed by atoms with Gasteiger partial charge in [-0.25, -0.2) is 4.79 Å². The van der Waals surface area contributed by atoms with Gasteiger partial charge in [0.15, 0.2) is 0 Å². The van der Waals surface area contributed by atoms with E-state index in [1.165, 1.54) is 0 Å². The van der Waals surface area contributed by atoms with Crippen LogP contribution in [0.15, 0.2) is 83.3 Å². The Balaban J connectivity index is 1.68. The number of hydrogen-bond donors (Lipinski definition) is 1. The van der Waals surface area contributed by atoms with Gasteiger partial charge < -0.3 is 15.1 Å². The number of urea groups is 1. The summed E-state index contributed by atoms with van der Waals surface area (Å²) in [7, 11) is 3.46. The van der Waals surface area contributed by atoms with E-state index in [2.05, 4.69) is 21.2 Å². The van der Waals surface area contributed by atoms with E-state index in [0.29, 0.717) is 17.8 Å². The third-order valence-corrected chi connectivity index (χ3v) is 5.29. The molecule has 0 radical (unpaired) electrons. The Bertz CT molecular complexity index is 1010. The van der Waals surface area contributed by atoms with Crippen molar-refractivity contribution in [1.82, 2.24) is 4.90 Å². The van der Waals surface area contributed by atoms with Crippen LogP contribution in [0.5, 0.6) is 0 Å². The molecule has 1 N–H and O–H groups in total. The molecule has 0 bridgehead atoms. The molecule has 3 amide bonds. The topological polar surface area (TPSA) is 52.7 Å². The first-order valence-electron chi connectivity index (χ1n) is 9.14. The molecule has 0 aliphatic carbocycles. The molecule has 0 unspecified atom stereocenters. The zero-order valence-electron chi connectivity index (χ0n) is 16.3. The van der Waals surface area contributed by atoms with Crippen LogP contribution in [-0.4, -0.2) is 30.9 Å². The van der Waals surface area contributed by atoms with Crippen LogP contribution in [-0.2, 0) is 6.54 Å². The quantitative estimate of drug-likeness (QED) is 0.565. The van der Waals surface area contributed by atoms with Gasteiger partial charge in [-0.15, -0.1) is 0 Å². The molecule has 0 saturated carbocycles. The van der Waals surface area contributed by atoms with Crippen LogP contribution < -0.4 is 10.2 Å². The molecule has 3 aromatic rings. The predicted octanol–water partition coefficient (Wildman–Crippen LogP) is 5.39. The van der Waals surface area contributed by atoms with E-state index in [9.17, 15) is 9.59 Å². The molecule has 5 nitrogen and oxygen atoms in total. The molecule has 0 atom stereocenters. The van der Waals surface area contributed by atoms with Crippen molar-refractivity contribution in [2.45, 2.75) is 6.54 Å². The number of amides is 3. The largest absolute Gasteiger partial charge is 0.323 e. The number of halogens is 1. The zero-order valence-corrected chi connectivity index (χ0v) is 17.9. The van der Waals surface area contributed by atoms with Crippen LogP contribution in [0, 0.1) is 0 Å². The molecule has 0 aliphatic heterocycles. The summed E-state index contributed by atoms with van der Waals surface area (Å²) in [5.74, 6) is -0.145. The zero-order chi connectivity index (χ0) is 20.8. The first-order valence-corrected chi connectivity index (χ1v) is 9.93. The van der Waals surface area contributed by atoms with Crippen LogP contribution in [0.1, 0.15) is 15.9 Å². The third-order valence-electron chi connectivity index (χ3n) is 4.52. The Morgan fingerprint density at radius 3 is 2.31 bits per heavy atom. The van der Waals surface area contributed by atoms with Crippen molar-refractivity contribution in [3.8, 4) is 0 Å². The number of nitrogens with one attached hydrogen (secondary N) is 1. The maximum absolute atomic E-state index is 12.8. The lowest BCUT2D eigenvalue weighted by Gasteiger charge is -2.20. The lowest BCUT2D eigenvalue weighted by molar-refractivity contribution is 0.0993. The van der Waals surface area contributed by atoms with Crippen LogP contribution in [0.4, 0.5) is 16.2 Å². The van der Waals surface area contributed by atoms with Crippen molar-refractivity contribution < 1.29 is 9.59 Å². The van der Waals surface area contributed by atoms with E-state index in [0.717, 1.165) is 15.7 Å². The van der Waals surface area contributed by atoms with Crippen molar-refractivity contribution in [1.29, 1.82) is 0 Å². The second-order valence-corrected chi connectivity index (χ2v) is 7.51. The molecule has 0 heterocycles. The first-order chi connectivity index (χ1) is 14.0. The summed E-state index contributed by atoms with van der Waals surface area (Å²) in [6.07, 6.45) is 0. The van der Waals surface area contributed by atoms with E-state index in [1.54, 1.807) is 48.2 Å². The van der Waals surface area contributed by atoms with Gasteiger partial charge in [-0.2, -0.15) is 0 Å². The summed E-state index contributed by atoms with van der Waals surface area (Å²) in [5.41, 5.74) is 2.89. The highest BCUT2D eigenvalue weighted by molar-refractivity contribution is 9.10. The van der Waals surface area contributed by atoms with E-state index in [4.69, 9.17) is 0 Å². The molecular weight excluding hydrogens is 430 g/mol. The molecule has 0 spiro atoms. The smallest absolute Gasteiger partial charge is 0.321 e. The van der Waals surface area contributed by atoms with Gasteiger partial charge in [0.1, 0.15) is 0 Å². The fourth-order valence-corrected chi connectivity index (χ4v) is 3.28. The van der Waals surface area contributed by atoms with E-state index < -0.39 is 0 Å². The van der Waals surface area contributed by atoms with Gasteiger partial charge in [0.25, 0.3) is 5.91 Å². The molecule has 0 fully saturated rings. The fraction of sp³-hybridized carbons (Fsp3) is 0.130. The van der Waals surface area contributed by atoms with Crippen LogP contribution >= 0.6 is 15.9 Å². The Labute approximate surface area is 179 Å². The summed E-state index contributed by atoms with van der Waals surface area (Å²) < 4.78 is 0.955. The minimum Gasteiger partial charge on any atom is -0.323 e. The number of benzene rings is 3. The molecule has 3 rings (SSSR count). The average molecular weight is 452 g/mol. The van der Waals surface area contributed by atoms with Crippen molar-refractivity contribution >= 4 is 39.2 Å². The molecule has 0 aliphatic rings. The Kier molecular flexibility index (Phi) is 6.67. The predicted molar refractivity (Wildman–Crippen MR) is 120 cm³/mol. The standard InChI is InChI=1S/C23H22BrN3O2/c1-26(16-18-9-6-7-14-21(18)24)23(29)25-19-11-8-10-17(15-19)22(28)27(2)20-12-4-3-5-13-20/h3-15H,16H2,1-2H3,(H,25,29). The van der Waals surface area contributed by atoms with Crippen molar-refractivity contribution in [2.24, 2.45) is 0 Å². The summed E-state index contributed by atoms with van der Waals surface area (Å²) in [6.45, 7) is 0.461. The van der Waals surface area contributed by atoms with Crippen molar-refractivity contribution in [3.05, 3.63) is 94.5 Å². The van der Waals surface area contributed by atoms with Crippen LogP contribution in [0.2, 0.25) is 0 Å². The van der Waals surface area contributed by atoms with Gasteiger partial charge in [0.05, 0.1) is 0 Å². The minimum atomic E-state index is -0.248. The molecule has 29 heavy (non-hydrogen) atoms. The van der Waals surface area contributed by atoms with E-state index in [-0.39, 0.29) is 11.9 Å². The number of para-hydroxylation sites is 1. The second kappa shape index (κ2) is 9.39. The third kappa shape index (κ3) is 5.23. The molecule has 0 aromatic heterocycles. The first kappa shape index (κ1) is 20.6. The van der Waals surface area contributed by atoms with Gasteiger partial charge in [-0.1, -0.05) is 58.4 Å². The summed E-state index contributed by atoms with van der Waals surface area (Å²) in [5, 5.41) is 2.86. The monoisotopic (exact) mass is 451 g/mol. The number of carbonyl (C=O) groups is 2. The SMILES string of the molecule is CN(Cc1ccccc1Br)C(=O)Nc1cccc(C(=O)N(C)c2ccccc2)c1. The second-order valence-electron chi connectivity index (χ2n) is 6.66. The highest BCUT2D eigenvalue weighted by atomic mass is 79.9. The van der Waals surface area contributed by atoms with Gasteiger partial charge >= 0.3 is 6.03 Å². The van der Waals surface area contributed by atoms with Gasteiger partial charge in [0, 0.05) is 42.1 Å². The Morgan fingerprint density at radius 1 is 0.897 bits per heavy atom. The number of rotatable bonds is 5. The number of hydrogen-bond acceptors (Lipinski definition) is 2. The van der Waals surface area contributed by atoms with E-state index in [1.807, 2.05) is 54.6 Å². The van der Waals surface area contributed by atoms with E-state index >= 15 is 0 Å². The molecular formula is C23H22BrN3O2. The molecule has 0 saturated heterocycles. The summed E-state index contributed by atoms with van der Waals surface area (Å²) in [6, 6.07) is 23.9. The maximum atomic E-state index is 12.8. The van der Waals surface area contributed by atoms with Crippen LogP contribution in [0.3, 0.4) is 0 Å². The van der Waals surface area contributed by atoms with Crippen molar-refractivity contribution in [3.63, 3.8) is 0 Å². The lowest BCUT2D eigenvalue weighted by atomic mass is 10.1. The number of nitrogens with zero attached hydrogens (tertiary/aromatic N) is 2. The van der Waals surface area contributed by atoms with Gasteiger partial charge in [0.2, 0.25) is 0 Å². The molecule has 3 aromatic carbocycles. The highest BCUT2D eigenvalue weighted by Gasteiger charge is 2.15. The lowest BCUT2D eigenvalue weighted by Crippen LogP contribution is -2.31. The molecule has 6 heteroatoms. The fourth-order valence-electron chi connectivity index (χ4n) is 2.87. The highest BCUT2D eigenvalue weighted by Crippen LogP contribution is 2.19. The number of carbonyl (C=O) groups excluding carboxylic acids is 2. The summed E-state index contributed by atoms with van der Waals surface area (Å²) >= 11 is 3.50. The Hall–Kier alpha value is -3.12. The minimum absolute atomic E-state index is 0.145. The Morgan fingerprint density at radius 2 is 1.59 bits per heavy atom. The normalized spacial score (nSPS) is 10.3.